The van der Waals surface area contributed by atoms with E-state index >= 15 is 0 Å². The van der Waals surface area contributed by atoms with Crippen LogP contribution in [0, 0.1) is 13.8 Å². The summed E-state index contributed by atoms with van der Waals surface area (Å²) in [6, 6.07) is 19.4. The van der Waals surface area contributed by atoms with E-state index in [1.54, 1.807) is 49.4 Å². The van der Waals surface area contributed by atoms with Crippen LogP contribution in [0.3, 0.4) is 0 Å². The number of amides is 1. The molecule has 2 N–H and O–H groups in total. The monoisotopic (exact) mass is 465 g/mol. The summed E-state index contributed by atoms with van der Waals surface area (Å²) in [5.74, 6) is -0.303. The van der Waals surface area contributed by atoms with E-state index in [-0.39, 0.29) is 10.8 Å². The topological polar surface area (TPSA) is 87.7 Å². The average Bonchev–Trinajstić information content (AvgIpc) is 2.80. The minimum absolute atomic E-state index is 0.115. The van der Waals surface area contributed by atoms with Gasteiger partial charge in [0.05, 0.1) is 18.1 Å². The summed E-state index contributed by atoms with van der Waals surface area (Å²) in [7, 11) is -3.82. The van der Waals surface area contributed by atoms with Gasteiger partial charge in [-0.1, -0.05) is 18.2 Å². The molecule has 0 bridgehead atoms. The number of sulfonamides is 1. The molecule has 7 nitrogen and oxygen atoms in total. The van der Waals surface area contributed by atoms with Crippen LogP contribution in [0.25, 0.3) is 0 Å². The Labute approximate surface area is 194 Å². The lowest BCUT2D eigenvalue weighted by Crippen LogP contribution is -2.36. The molecule has 0 aliphatic carbocycles. The van der Waals surface area contributed by atoms with Gasteiger partial charge < -0.3 is 15.0 Å². The van der Waals surface area contributed by atoms with E-state index in [0.29, 0.717) is 35.7 Å². The third kappa shape index (κ3) is 5.53. The van der Waals surface area contributed by atoms with Gasteiger partial charge >= 0.3 is 0 Å². The number of anilines is 3. The first-order valence-electron chi connectivity index (χ1n) is 10.8. The van der Waals surface area contributed by atoms with Crippen molar-refractivity contribution in [2.75, 3.05) is 41.2 Å². The van der Waals surface area contributed by atoms with E-state index in [4.69, 9.17) is 4.74 Å². The summed E-state index contributed by atoms with van der Waals surface area (Å²) in [6.07, 6.45) is 0. The number of carbonyl (C=O) groups is 1. The summed E-state index contributed by atoms with van der Waals surface area (Å²) >= 11 is 0. The Kier molecular flexibility index (Phi) is 6.67. The number of morpholine rings is 1. The summed E-state index contributed by atoms with van der Waals surface area (Å²) in [5, 5.41) is 2.81. The van der Waals surface area contributed by atoms with E-state index in [1.807, 2.05) is 25.1 Å². The van der Waals surface area contributed by atoms with Crippen molar-refractivity contribution in [3.8, 4) is 0 Å². The molecule has 1 aliphatic heterocycles. The normalized spacial score (nSPS) is 14.1. The van der Waals surface area contributed by atoms with Gasteiger partial charge in [0.15, 0.2) is 0 Å². The van der Waals surface area contributed by atoms with Gasteiger partial charge in [-0.2, -0.15) is 0 Å². The highest BCUT2D eigenvalue weighted by atomic mass is 32.2. The summed E-state index contributed by atoms with van der Waals surface area (Å²) in [4.78, 5) is 15.1. The molecule has 33 heavy (non-hydrogen) atoms. The standard InChI is InChI=1S/C25H27N3O4S/c1-18-4-3-5-22(16-18)27-33(30,31)24-17-21(9-6-19(24)2)26-25(29)20-7-10-23(11-8-20)28-12-14-32-15-13-28/h3-11,16-17,27H,12-15H2,1-2H3,(H,26,29). The molecule has 0 radical (unpaired) electrons. The first-order chi connectivity index (χ1) is 15.8. The van der Waals surface area contributed by atoms with Gasteiger partial charge in [0.2, 0.25) is 0 Å². The van der Waals surface area contributed by atoms with Crippen molar-refractivity contribution >= 4 is 33.0 Å². The van der Waals surface area contributed by atoms with Crippen LogP contribution in [-0.4, -0.2) is 40.6 Å². The average molecular weight is 466 g/mol. The number of hydrogen-bond acceptors (Lipinski definition) is 5. The second kappa shape index (κ2) is 9.64. The number of benzene rings is 3. The van der Waals surface area contributed by atoms with Gasteiger partial charge in [0, 0.05) is 35.7 Å². The van der Waals surface area contributed by atoms with Crippen molar-refractivity contribution in [1.29, 1.82) is 0 Å². The molecule has 0 unspecified atom stereocenters. The van der Waals surface area contributed by atoms with Crippen LogP contribution in [0.1, 0.15) is 21.5 Å². The SMILES string of the molecule is Cc1cccc(NS(=O)(=O)c2cc(NC(=O)c3ccc(N4CCOCC4)cc3)ccc2C)c1. The highest BCUT2D eigenvalue weighted by Crippen LogP contribution is 2.24. The summed E-state index contributed by atoms with van der Waals surface area (Å²) in [5.41, 5.74) is 3.97. The zero-order valence-electron chi connectivity index (χ0n) is 18.7. The summed E-state index contributed by atoms with van der Waals surface area (Å²) in [6.45, 7) is 6.65. The highest BCUT2D eigenvalue weighted by Gasteiger charge is 2.19. The minimum Gasteiger partial charge on any atom is -0.378 e. The Morgan fingerprint density at radius 2 is 1.64 bits per heavy atom. The van der Waals surface area contributed by atoms with Gasteiger partial charge in [-0.3, -0.25) is 9.52 Å². The van der Waals surface area contributed by atoms with Gasteiger partial charge in [0.1, 0.15) is 0 Å². The number of aryl methyl sites for hydroxylation is 2. The van der Waals surface area contributed by atoms with E-state index in [2.05, 4.69) is 14.9 Å². The lowest BCUT2D eigenvalue weighted by Gasteiger charge is -2.28. The van der Waals surface area contributed by atoms with Gasteiger partial charge in [-0.05, 0) is 73.5 Å². The maximum absolute atomic E-state index is 13.0. The first-order valence-corrected chi connectivity index (χ1v) is 12.2. The Morgan fingerprint density at radius 3 is 2.33 bits per heavy atom. The zero-order valence-corrected chi connectivity index (χ0v) is 19.5. The molecule has 1 saturated heterocycles. The molecule has 1 amide bonds. The highest BCUT2D eigenvalue weighted by molar-refractivity contribution is 7.92. The molecule has 1 heterocycles. The third-order valence-electron chi connectivity index (χ3n) is 5.51. The molecule has 8 heteroatoms. The van der Waals surface area contributed by atoms with E-state index in [1.165, 1.54) is 6.07 Å². The first kappa shape index (κ1) is 22.8. The second-order valence-electron chi connectivity index (χ2n) is 8.06. The number of nitrogens with zero attached hydrogens (tertiary/aromatic N) is 1. The quantitative estimate of drug-likeness (QED) is 0.570. The van der Waals surface area contributed by atoms with Gasteiger partial charge in [-0.25, -0.2) is 8.42 Å². The Bertz CT molecular complexity index is 1250. The molecule has 4 rings (SSSR count). The lowest BCUT2D eigenvalue weighted by molar-refractivity contribution is 0.102. The maximum atomic E-state index is 13.0. The summed E-state index contributed by atoms with van der Waals surface area (Å²) < 4.78 is 34.0. The smallest absolute Gasteiger partial charge is 0.262 e. The van der Waals surface area contributed by atoms with E-state index in [9.17, 15) is 13.2 Å². The number of carbonyl (C=O) groups excluding carboxylic acids is 1. The van der Waals surface area contributed by atoms with Crippen molar-refractivity contribution in [3.63, 3.8) is 0 Å². The van der Waals surface area contributed by atoms with Crippen molar-refractivity contribution in [3.05, 3.63) is 83.4 Å². The number of hydrogen-bond donors (Lipinski definition) is 2. The van der Waals surface area contributed by atoms with Crippen LogP contribution in [0.5, 0.6) is 0 Å². The molecular formula is C25H27N3O4S. The number of rotatable bonds is 6. The van der Waals surface area contributed by atoms with Crippen LogP contribution in [0.2, 0.25) is 0 Å². The molecule has 1 aliphatic rings. The molecule has 0 atom stereocenters. The van der Waals surface area contributed by atoms with Gasteiger partial charge in [0.25, 0.3) is 15.9 Å². The largest absolute Gasteiger partial charge is 0.378 e. The van der Waals surface area contributed by atoms with Crippen molar-refractivity contribution in [2.24, 2.45) is 0 Å². The Hall–Kier alpha value is -3.36. The zero-order chi connectivity index (χ0) is 23.4. The molecule has 172 valence electrons. The molecule has 3 aromatic carbocycles. The number of nitrogens with one attached hydrogen (secondary N) is 2. The predicted molar refractivity (Wildman–Crippen MR) is 131 cm³/mol. The van der Waals surface area contributed by atoms with Crippen molar-refractivity contribution in [2.45, 2.75) is 18.7 Å². The van der Waals surface area contributed by atoms with E-state index in [0.717, 1.165) is 24.3 Å². The fourth-order valence-electron chi connectivity index (χ4n) is 3.73. The third-order valence-corrected chi connectivity index (χ3v) is 7.03. The van der Waals surface area contributed by atoms with Crippen molar-refractivity contribution < 1.29 is 17.9 Å². The van der Waals surface area contributed by atoms with Crippen LogP contribution in [0.4, 0.5) is 17.1 Å². The minimum atomic E-state index is -3.82. The molecule has 0 saturated carbocycles. The molecular weight excluding hydrogens is 438 g/mol. The molecule has 1 fully saturated rings. The maximum Gasteiger partial charge on any atom is 0.262 e. The molecule has 0 spiro atoms. The van der Waals surface area contributed by atoms with Gasteiger partial charge in [-0.15, -0.1) is 0 Å². The number of ether oxygens (including phenoxy) is 1. The lowest BCUT2D eigenvalue weighted by atomic mass is 10.1. The Balaban J connectivity index is 1.49. The fourth-order valence-corrected chi connectivity index (χ4v) is 5.06. The fraction of sp³-hybridized carbons (Fsp3) is 0.240. The van der Waals surface area contributed by atoms with Crippen LogP contribution in [-0.2, 0) is 14.8 Å². The van der Waals surface area contributed by atoms with E-state index < -0.39 is 10.0 Å². The Morgan fingerprint density at radius 1 is 0.909 bits per heavy atom. The second-order valence-corrected chi connectivity index (χ2v) is 9.71. The predicted octanol–water partition coefficient (Wildman–Crippen LogP) is 4.19. The van der Waals surface area contributed by atoms with Crippen LogP contribution >= 0.6 is 0 Å². The van der Waals surface area contributed by atoms with Crippen LogP contribution < -0.4 is 14.9 Å². The molecule has 0 aromatic heterocycles. The van der Waals surface area contributed by atoms with Crippen LogP contribution in [0.15, 0.2) is 71.6 Å². The molecule has 3 aromatic rings. The van der Waals surface area contributed by atoms with Crippen molar-refractivity contribution in [1.82, 2.24) is 0 Å².